The minimum Gasteiger partial charge on any atom is -0.493 e. The van der Waals surface area contributed by atoms with E-state index in [1.165, 1.54) is 5.56 Å². The summed E-state index contributed by atoms with van der Waals surface area (Å²) < 4.78 is 16.1. The molecule has 5 heteroatoms. The highest BCUT2D eigenvalue weighted by atomic mass is 16.5. The lowest BCUT2D eigenvalue weighted by molar-refractivity contribution is -0.118. The van der Waals surface area contributed by atoms with Crippen molar-refractivity contribution in [1.82, 2.24) is 0 Å². The molecule has 1 heterocycles. The van der Waals surface area contributed by atoms with E-state index in [2.05, 4.69) is 25.1 Å². The molecule has 2 aromatic rings. The number of hydrogen-bond donors (Lipinski definition) is 0. The summed E-state index contributed by atoms with van der Waals surface area (Å²) in [4.78, 5) is 15.0. The van der Waals surface area contributed by atoms with Crippen molar-refractivity contribution in [2.75, 3.05) is 32.8 Å². The summed E-state index contributed by atoms with van der Waals surface area (Å²) in [6, 6.07) is 9.90. The van der Waals surface area contributed by atoms with Crippen LogP contribution in [-0.2, 0) is 17.6 Å². The average molecular weight is 355 g/mol. The zero-order chi connectivity index (χ0) is 18.7. The molecule has 1 amide bonds. The van der Waals surface area contributed by atoms with Crippen molar-refractivity contribution in [3.63, 3.8) is 0 Å². The van der Waals surface area contributed by atoms with Crippen molar-refractivity contribution in [3.8, 4) is 17.2 Å². The summed E-state index contributed by atoms with van der Waals surface area (Å²) in [5, 5.41) is 0. The van der Waals surface area contributed by atoms with E-state index in [4.69, 9.17) is 14.2 Å². The van der Waals surface area contributed by atoms with Crippen LogP contribution in [0.25, 0.3) is 0 Å². The van der Waals surface area contributed by atoms with Crippen LogP contribution in [0.15, 0.2) is 30.3 Å². The summed E-state index contributed by atoms with van der Waals surface area (Å²) in [7, 11) is 4.72. The van der Waals surface area contributed by atoms with Gasteiger partial charge in [-0.1, -0.05) is 18.2 Å². The molecule has 26 heavy (non-hydrogen) atoms. The van der Waals surface area contributed by atoms with Crippen LogP contribution in [0.5, 0.6) is 17.2 Å². The lowest BCUT2D eigenvalue weighted by Crippen LogP contribution is -2.37. The van der Waals surface area contributed by atoms with Crippen LogP contribution in [0, 0.1) is 6.92 Å². The maximum atomic E-state index is 13.0. The number of rotatable bonds is 5. The highest BCUT2D eigenvalue weighted by Crippen LogP contribution is 2.38. The molecule has 0 aliphatic carbocycles. The molecule has 0 N–H and O–H groups in total. The highest BCUT2D eigenvalue weighted by molar-refractivity contribution is 5.96. The Morgan fingerprint density at radius 3 is 2.38 bits per heavy atom. The number of amides is 1. The minimum atomic E-state index is 0.0783. The first kappa shape index (κ1) is 18.1. The maximum absolute atomic E-state index is 13.0. The molecule has 0 unspecified atom stereocenters. The molecule has 0 fully saturated rings. The maximum Gasteiger partial charge on any atom is 0.231 e. The fraction of sp³-hybridized carbons (Fsp3) is 0.381. The van der Waals surface area contributed by atoms with Crippen molar-refractivity contribution in [2.24, 2.45) is 0 Å². The quantitative estimate of drug-likeness (QED) is 0.823. The van der Waals surface area contributed by atoms with Crippen LogP contribution in [0.4, 0.5) is 5.69 Å². The van der Waals surface area contributed by atoms with Crippen LogP contribution in [0.2, 0.25) is 0 Å². The molecular weight excluding hydrogens is 330 g/mol. The molecule has 1 aliphatic heterocycles. The van der Waals surface area contributed by atoms with E-state index in [9.17, 15) is 4.79 Å². The number of aryl methyl sites for hydroxylation is 2. The predicted octanol–water partition coefficient (Wildman–Crippen LogP) is 3.54. The molecule has 138 valence electrons. The fourth-order valence-corrected chi connectivity index (χ4v) is 3.60. The summed E-state index contributed by atoms with van der Waals surface area (Å²) in [6.45, 7) is 2.81. The first-order chi connectivity index (χ1) is 12.6. The van der Waals surface area contributed by atoms with Crippen molar-refractivity contribution in [1.29, 1.82) is 0 Å². The highest BCUT2D eigenvalue weighted by Gasteiger charge is 2.25. The van der Waals surface area contributed by atoms with Crippen molar-refractivity contribution >= 4 is 11.6 Å². The molecule has 0 saturated carbocycles. The first-order valence-corrected chi connectivity index (χ1v) is 8.76. The smallest absolute Gasteiger partial charge is 0.231 e. The first-order valence-electron chi connectivity index (χ1n) is 8.76. The van der Waals surface area contributed by atoms with Crippen molar-refractivity contribution in [3.05, 3.63) is 47.0 Å². The molecule has 1 aliphatic rings. The molecule has 2 aromatic carbocycles. The van der Waals surface area contributed by atoms with E-state index in [-0.39, 0.29) is 12.3 Å². The summed E-state index contributed by atoms with van der Waals surface area (Å²) >= 11 is 0. The number of anilines is 1. The third-order valence-electron chi connectivity index (χ3n) is 4.80. The van der Waals surface area contributed by atoms with Crippen LogP contribution in [0.1, 0.15) is 23.1 Å². The van der Waals surface area contributed by atoms with Gasteiger partial charge in [0.05, 0.1) is 27.8 Å². The molecule has 0 saturated heterocycles. The summed E-state index contributed by atoms with van der Waals surface area (Å²) in [5.74, 6) is 1.73. The Kier molecular flexibility index (Phi) is 5.35. The van der Waals surface area contributed by atoms with Crippen LogP contribution >= 0.6 is 0 Å². The Morgan fingerprint density at radius 1 is 1.08 bits per heavy atom. The van der Waals surface area contributed by atoms with Crippen molar-refractivity contribution in [2.45, 2.75) is 26.2 Å². The Labute approximate surface area is 154 Å². The van der Waals surface area contributed by atoms with E-state index in [0.717, 1.165) is 36.2 Å². The van der Waals surface area contributed by atoms with Gasteiger partial charge in [-0.05, 0) is 48.6 Å². The van der Waals surface area contributed by atoms with Gasteiger partial charge in [-0.2, -0.15) is 0 Å². The SMILES string of the molecule is COc1cc(CC(=O)N2CCCc3cccc(C)c32)cc(OC)c1OC. The Balaban J connectivity index is 1.90. The van der Waals surface area contributed by atoms with Gasteiger partial charge in [0.1, 0.15) is 0 Å². The van der Waals surface area contributed by atoms with E-state index in [0.29, 0.717) is 17.2 Å². The Morgan fingerprint density at radius 2 is 1.77 bits per heavy atom. The van der Waals surface area contributed by atoms with Gasteiger partial charge in [0, 0.05) is 12.2 Å². The van der Waals surface area contributed by atoms with Gasteiger partial charge in [-0.3, -0.25) is 4.79 Å². The molecule has 3 rings (SSSR count). The molecule has 5 nitrogen and oxygen atoms in total. The molecule has 0 aromatic heterocycles. The standard InChI is InChI=1S/C21H25NO4/c1-14-7-5-8-16-9-6-10-22(20(14)16)19(23)13-15-11-17(24-2)21(26-4)18(12-15)25-3/h5,7-8,11-12H,6,9-10,13H2,1-4H3. The van der Waals surface area contributed by atoms with Gasteiger partial charge in [0.2, 0.25) is 11.7 Å². The molecule has 0 spiro atoms. The zero-order valence-corrected chi connectivity index (χ0v) is 15.8. The normalized spacial score (nSPS) is 13.2. The molecule has 0 atom stereocenters. The largest absolute Gasteiger partial charge is 0.493 e. The van der Waals surface area contributed by atoms with Gasteiger partial charge in [-0.25, -0.2) is 0 Å². The molecule has 0 radical (unpaired) electrons. The van der Waals surface area contributed by atoms with Crippen molar-refractivity contribution < 1.29 is 19.0 Å². The number of ether oxygens (including phenoxy) is 3. The van der Waals surface area contributed by atoms with Gasteiger partial charge in [0.15, 0.2) is 11.5 Å². The average Bonchev–Trinajstić information content (AvgIpc) is 2.66. The summed E-state index contributed by atoms with van der Waals surface area (Å²) in [6.07, 6.45) is 2.28. The number of carbonyl (C=O) groups excluding carboxylic acids is 1. The van der Waals surface area contributed by atoms with Crippen LogP contribution < -0.4 is 19.1 Å². The number of para-hydroxylation sites is 1. The number of benzene rings is 2. The van der Waals surface area contributed by atoms with Crippen LogP contribution in [0.3, 0.4) is 0 Å². The second-order valence-electron chi connectivity index (χ2n) is 6.44. The number of hydrogen-bond acceptors (Lipinski definition) is 4. The van der Waals surface area contributed by atoms with Gasteiger partial charge < -0.3 is 19.1 Å². The Hall–Kier alpha value is -2.69. The Bertz CT molecular complexity index is 791. The monoisotopic (exact) mass is 355 g/mol. The fourth-order valence-electron chi connectivity index (χ4n) is 3.60. The second-order valence-corrected chi connectivity index (χ2v) is 6.44. The van der Waals surface area contributed by atoms with Gasteiger partial charge in [-0.15, -0.1) is 0 Å². The van der Waals surface area contributed by atoms with Gasteiger partial charge in [0.25, 0.3) is 0 Å². The number of carbonyl (C=O) groups is 1. The minimum absolute atomic E-state index is 0.0783. The predicted molar refractivity (Wildman–Crippen MR) is 102 cm³/mol. The van der Waals surface area contributed by atoms with E-state index < -0.39 is 0 Å². The van der Waals surface area contributed by atoms with E-state index in [1.54, 1.807) is 21.3 Å². The summed E-state index contributed by atoms with van der Waals surface area (Å²) in [5.41, 5.74) is 4.29. The van der Waals surface area contributed by atoms with E-state index >= 15 is 0 Å². The topological polar surface area (TPSA) is 48.0 Å². The lowest BCUT2D eigenvalue weighted by atomic mass is 9.97. The van der Waals surface area contributed by atoms with Crippen LogP contribution in [-0.4, -0.2) is 33.8 Å². The third-order valence-corrected chi connectivity index (χ3v) is 4.80. The number of fused-ring (bicyclic) bond motifs is 1. The van der Waals surface area contributed by atoms with Gasteiger partial charge >= 0.3 is 0 Å². The van der Waals surface area contributed by atoms with E-state index in [1.807, 2.05) is 17.0 Å². The second kappa shape index (κ2) is 7.68. The molecule has 0 bridgehead atoms. The lowest BCUT2D eigenvalue weighted by Gasteiger charge is -2.31. The number of nitrogens with zero attached hydrogens (tertiary/aromatic N) is 1. The zero-order valence-electron chi connectivity index (χ0n) is 15.8. The third kappa shape index (κ3) is 3.34. The number of methoxy groups -OCH3 is 3. The molecular formula is C21H25NO4.